The Bertz CT molecular complexity index is 943. The van der Waals surface area contributed by atoms with E-state index in [1.54, 1.807) is 17.1 Å². The number of pyridine rings is 1. The van der Waals surface area contributed by atoms with Gasteiger partial charge < -0.3 is 4.90 Å². The number of carbonyl (C=O) groups is 1. The number of para-hydroxylation sites is 1. The minimum atomic E-state index is -0.264. The maximum atomic E-state index is 13.3. The van der Waals surface area contributed by atoms with E-state index in [0.29, 0.717) is 5.69 Å². The number of rotatable bonds is 2. The van der Waals surface area contributed by atoms with Crippen LogP contribution < -0.4 is 4.90 Å². The molecule has 1 aliphatic heterocycles. The summed E-state index contributed by atoms with van der Waals surface area (Å²) in [5, 5.41) is 4.51. The van der Waals surface area contributed by atoms with Gasteiger partial charge in [0.2, 0.25) is 0 Å². The zero-order valence-electron chi connectivity index (χ0n) is 14.6. The highest BCUT2D eigenvalue weighted by atomic mass is 16.2. The van der Waals surface area contributed by atoms with Crippen LogP contribution in [0, 0.1) is 0 Å². The molecule has 0 bridgehead atoms. The monoisotopic (exact) mass is 332 g/mol. The minimum Gasteiger partial charge on any atom is -0.301 e. The Morgan fingerprint density at radius 3 is 2.72 bits per heavy atom. The SMILES string of the molecule is Cn1nc(-c2cccnc2)cc1C(=O)N1c2ccccc2CC1(C)C. The number of fused-ring (bicyclic) bond motifs is 1. The minimum absolute atomic E-state index is 0.0277. The van der Waals surface area contributed by atoms with Crippen molar-refractivity contribution in [3.8, 4) is 11.3 Å². The molecule has 4 rings (SSSR count). The third kappa shape index (κ3) is 2.52. The summed E-state index contributed by atoms with van der Waals surface area (Å²) in [6, 6.07) is 13.8. The van der Waals surface area contributed by atoms with Crippen LogP contribution >= 0.6 is 0 Å². The van der Waals surface area contributed by atoms with Crippen molar-refractivity contribution in [2.75, 3.05) is 4.90 Å². The number of aryl methyl sites for hydroxylation is 1. The van der Waals surface area contributed by atoms with Crippen molar-refractivity contribution in [2.45, 2.75) is 25.8 Å². The number of benzene rings is 1. The van der Waals surface area contributed by atoms with Gasteiger partial charge in [0.1, 0.15) is 5.69 Å². The van der Waals surface area contributed by atoms with E-state index in [-0.39, 0.29) is 11.4 Å². The number of carbonyl (C=O) groups excluding carboxylic acids is 1. The Hall–Kier alpha value is -2.95. The van der Waals surface area contributed by atoms with Gasteiger partial charge in [0, 0.05) is 36.2 Å². The lowest BCUT2D eigenvalue weighted by Crippen LogP contribution is -2.46. The van der Waals surface area contributed by atoms with Gasteiger partial charge in [0.25, 0.3) is 5.91 Å². The molecule has 0 saturated carbocycles. The topological polar surface area (TPSA) is 51.0 Å². The first-order valence-electron chi connectivity index (χ1n) is 8.34. The van der Waals surface area contributed by atoms with Crippen LogP contribution in [0.5, 0.6) is 0 Å². The van der Waals surface area contributed by atoms with Gasteiger partial charge in [0.15, 0.2) is 0 Å². The van der Waals surface area contributed by atoms with Crippen molar-refractivity contribution < 1.29 is 4.79 Å². The summed E-state index contributed by atoms with van der Waals surface area (Å²) >= 11 is 0. The van der Waals surface area contributed by atoms with Gasteiger partial charge in [-0.05, 0) is 50.1 Å². The smallest absolute Gasteiger partial charge is 0.277 e. The molecule has 126 valence electrons. The summed E-state index contributed by atoms with van der Waals surface area (Å²) in [7, 11) is 1.81. The Morgan fingerprint density at radius 2 is 1.96 bits per heavy atom. The lowest BCUT2D eigenvalue weighted by Gasteiger charge is -2.32. The highest BCUT2D eigenvalue weighted by Crippen LogP contribution is 2.39. The average molecular weight is 332 g/mol. The zero-order valence-corrected chi connectivity index (χ0v) is 14.6. The first kappa shape index (κ1) is 15.6. The standard InChI is InChI=1S/C20H20N4O/c1-20(2)12-14-7-4-5-9-17(14)24(20)19(25)18-11-16(22-23(18)3)15-8-6-10-21-13-15/h4-11,13H,12H2,1-3H3. The van der Waals surface area contributed by atoms with Gasteiger partial charge in [-0.1, -0.05) is 18.2 Å². The summed E-state index contributed by atoms with van der Waals surface area (Å²) in [5.74, 6) is -0.0277. The van der Waals surface area contributed by atoms with Crippen molar-refractivity contribution in [1.82, 2.24) is 14.8 Å². The van der Waals surface area contributed by atoms with Gasteiger partial charge >= 0.3 is 0 Å². The van der Waals surface area contributed by atoms with Gasteiger partial charge in [0.05, 0.1) is 5.69 Å². The highest BCUT2D eigenvalue weighted by Gasteiger charge is 2.40. The molecule has 0 atom stereocenters. The number of aromatic nitrogens is 3. The molecule has 0 unspecified atom stereocenters. The molecular weight excluding hydrogens is 312 g/mol. The summed E-state index contributed by atoms with van der Waals surface area (Å²) in [6.45, 7) is 4.20. The number of hydrogen-bond donors (Lipinski definition) is 0. The normalized spacial score (nSPS) is 15.2. The van der Waals surface area contributed by atoms with Gasteiger partial charge in [-0.2, -0.15) is 5.10 Å². The average Bonchev–Trinajstić information content (AvgIpc) is 3.11. The van der Waals surface area contributed by atoms with E-state index < -0.39 is 0 Å². The molecule has 0 saturated heterocycles. The molecule has 0 radical (unpaired) electrons. The molecule has 0 spiro atoms. The Labute approximate surface area is 146 Å². The van der Waals surface area contributed by atoms with Crippen molar-refractivity contribution >= 4 is 11.6 Å². The molecule has 1 amide bonds. The van der Waals surface area contributed by atoms with Gasteiger partial charge in [-0.25, -0.2) is 0 Å². The molecule has 25 heavy (non-hydrogen) atoms. The fourth-order valence-electron chi connectivity index (χ4n) is 3.57. The van der Waals surface area contributed by atoms with E-state index >= 15 is 0 Å². The molecule has 5 heteroatoms. The van der Waals surface area contributed by atoms with Crippen molar-refractivity contribution in [1.29, 1.82) is 0 Å². The van der Waals surface area contributed by atoms with E-state index in [1.807, 2.05) is 48.3 Å². The van der Waals surface area contributed by atoms with Crippen LogP contribution in [0.4, 0.5) is 5.69 Å². The lowest BCUT2D eigenvalue weighted by molar-refractivity contribution is 0.0958. The van der Waals surface area contributed by atoms with Crippen LogP contribution in [0.25, 0.3) is 11.3 Å². The van der Waals surface area contributed by atoms with Gasteiger partial charge in [-0.3, -0.25) is 14.5 Å². The van der Waals surface area contributed by atoms with Crippen LogP contribution in [-0.4, -0.2) is 26.2 Å². The summed E-state index contributed by atoms with van der Waals surface area (Å²) in [6.07, 6.45) is 4.33. The highest BCUT2D eigenvalue weighted by molar-refractivity contribution is 6.07. The van der Waals surface area contributed by atoms with Crippen LogP contribution in [0.3, 0.4) is 0 Å². The molecule has 3 aromatic rings. The second kappa shape index (κ2) is 5.55. The summed E-state index contributed by atoms with van der Waals surface area (Å²) in [4.78, 5) is 19.4. The number of nitrogens with zero attached hydrogens (tertiary/aromatic N) is 4. The Balaban J connectivity index is 1.76. The molecule has 5 nitrogen and oxygen atoms in total. The van der Waals surface area contributed by atoms with E-state index in [0.717, 1.165) is 23.4 Å². The second-order valence-corrected chi connectivity index (χ2v) is 7.04. The fourth-order valence-corrected chi connectivity index (χ4v) is 3.57. The lowest BCUT2D eigenvalue weighted by atomic mass is 9.99. The fraction of sp³-hybridized carbons (Fsp3) is 0.250. The maximum Gasteiger partial charge on any atom is 0.277 e. The van der Waals surface area contributed by atoms with E-state index in [4.69, 9.17) is 0 Å². The molecule has 0 aliphatic carbocycles. The van der Waals surface area contributed by atoms with Crippen LogP contribution in [0.1, 0.15) is 29.9 Å². The number of amides is 1. The van der Waals surface area contributed by atoms with Crippen molar-refractivity contribution in [2.24, 2.45) is 7.05 Å². The number of hydrogen-bond acceptors (Lipinski definition) is 3. The summed E-state index contributed by atoms with van der Waals surface area (Å²) < 4.78 is 1.65. The van der Waals surface area contributed by atoms with E-state index in [9.17, 15) is 4.79 Å². The van der Waals surface area contributed by atoms with Crippen molar-refractivity contribution in [3.63, 3.8) is 0 Å². The first-order valence-corrected chi connectivity index (χ1v) is 8.34. The molecule has 0 N–H and O–H groups in total. The molecular formula is C20H20N4O. The Kier molecular flexibility index (Phi) is 3.46. The Morgan fingerprint density at radius 1 is 1.16 bits per heavy atom. The number of anilines is 1. The van der Waals surface area contributed by atoms with Crippen LogP contribution in [0.15, 0.2) is 54.9 Å². The third-order valence-electron chi connectivity index (χ3n) is 4.72. The first-order chi connectivity index (χ1) is 12.0. The van der Waals surface area contributed by atoms with E-state index in [2.05, 4.69) is 30.0 Å². The maximum absolute atomic E-state index is 13.3. The van der Waals surface area contributed by atoms with Crippen LogP contribution in [0.2, 0.25) is 0 Å². The van der Waals surface area contributed by atoms with Crippen LogP contribution in [-0.2, 0) is 13.5 Å². The zero-order chi connectivity index (χ0) is 17.6. The third-order valence-corrected chi connectivity index (χ3v) is 4.72. The molecule has 2 aromatic heterocycles. The van der Waals surface area contributed by atoms with E-state index in [1.165, 1.54) is 5.56 Å². The molecule has 1 aromatic carbocycles. The molecule has 3 heterocycles. The predicted octanol–water partition coefficient (Wildman–Crippen LogP) is 3.46. The molecule has 1 aliphatic rings. The van der Waals surface area contributed by atoms with Gasteiger partial charge in [-0.15, -0.1) is 0 Å². The predicted molar refractivity (Wildman–Crippen MR) is 97.5 cm³/mol. The molecule has 0 fully saturated rings. The quantitative estimate of drug-likeness (QED) is 0.722. The second-order valence-electron chi connectivity index (χ2n) is 7.04. The summed E-state index contributed by atoms with van der Waals surface area (Å²) in [5.41, 5.74) is 4.16. The largest absolute Gasteiger partial charge is 0.301 e. The van der Waals surface area contributed by atoms with Crippen molar-refractivity contribution in [3.05, 3.63) is 66.1 Å².